The number of nitrogens with one attached hydrogen (secondary N) is 1. The Morgan fingerprint density at radius 3 is 2.71 bits per heavy atom. The molecule has 112 valence electrons. The maximum atomic E-state index is 4.45. The molecule has 3 heteroatoms. The second kappa shape index (κ2) is 6.90. The highest BCUT2D eigenvalue weighted by Crippen LogP contribution is 2.26. The molecule has 1 fully saturated rings. The van der Waals surface area contributed by atoms with Gasteiger partial charge in [0.25, 0.3) is 0 Å². The molecule has 1 aromatic carbocycles. The minimum absolute atomic E-state index is 0.602. The summed E-state index contributed by atoms with van der Waals surface area (Å²) >= 11 is 0. The fourth-order valence-corrected chi connectivity index (χ4v) is 3.25. The lowest BCUT2D eigenvalue weighted by Crippen LogP contribution is -2.34. The van der Waals surface area contributed by atoms with E-state index in [1.807, 2.05) is 29.1 Å². The van der Waals surface area contributed by atoms with Crippen molar-refractivity contribution in [3.8, 4) is 5.69 Å². The van der Waals surface area contributed by atoms with Crippen LogP contribution in [-0.4, -0.2) is 15.8 Å². The SMILES string of the molecule is CC(NCc1cnn(-c2ccccc2)c1)C1CCCCC1. The Hall–Kier alpha value is -1.61. The van der Waals surface area contributed by atoms with Crippen molar-refractivity contribution in [3.63, 3.8) is 0 Å². The lowest BCUT2D eigenvalue weighted by molar-refractivity contribution is 0.280. The van der Waals surface area contributed by atoms with E-state index in [1.165, 1.54) is 37.7 Å². The van der Waals surface area contributed by atoms with E-state index in [1.54, 1.807) is 0 Å². The molecule has 0 saturated heterocycles. The largest absolute Gasteiger partial charge is 0.310 e. The van der Waals surface area contributed by atoms with Gasteiger partial charge in [0.2, 0.25) is 0 Å². The van der Waals surface area contributed by atoms with E-state index in [2.05, 4.69) is 35.7 Å². The average Bonchev–Trinajstić information content (AvgIpc) is 3.03. The Bertz CT molecular complexity index is 541. The van der Waals surface area contributed by atoms with E-state index in [9.17, 15) is 0 Å². The summed E-state index contributed by atoms with van der Waals surface area (Å²) in [7, 11) is 0. The Kier molecular flexibility index (Phi) is 4.71. The quantitative estimate of drug-likeness (QED) is 0.901. The normalized spacial score (nSPS) is 17.8. The van der Waals surface area contributed by atoms with E-state index in [4.69, 9.17) is 0 Å². The van der Waals surface area contributed by atoms with Gasteiger partial charge in [-0.05, 0) is 37.8 Å². The van der Waals surface area contributed by atoms with Crippen molar-refractivity contribution in [1.82, 2.24) is 15.1 Å². The lowest BCUT2D eigenvalue weighted by atomic mass is 9.84. The van der Waals surface area contributed by atoms with Crippen LogP contribution in [0.4, 0.5) is 0 Å². The maximum absolute atomic E-state index is 4.45. The van der Waals surface area contributed by atoms with Gasteiger partial charge >= 0.3 is 0 Å². The first-order valence-electron chi connectivity index (χ1n) is 8.15. The zero-order valence-electron chi connectivity index (χ0n) is 12.8. The summed E-state index contributed by atoms with van der Waals surface area (Å²) in [6.45, 7) is 3.24. The van der Waals surface area contributed by atoms with E-state index in [0.29, 0.717) is 6.04 Å². The molecule has 3 nitrogen and oxygen atoms in total. The first kappa shape index (κ1) is 14.3. The van der Waals surface area contributed by atoms with Gasteiger partial charge in [-0.25, -0.2) is 4.68 Å². The van der Waals surface area contributed by atoms with Gasteiger partial charge in [-0.1, -0.05) is 37.5 Å². The molecule has 0 radical (unpaired) electrons. The average molecular weight is 283 g/mol. The molecule has 0 spiro atoms. The first-order chi connectivity index (χ1) is 10.3. The van der Waals surface area contributed by atoms with Crippen molar-refractivity contribution in [2.24, 2.45) is 5.92 Å². The molecule has 1 heterocycles. The fourth-order valence-electron chi connectivity index (χ4n) is 3.25. The van der Waals surface area contributed by atoms with E-state index < -0.39 is 0 Å². The summed E-state index contributed by atoms with van der Waals surface area (Å²) in [6.07, 6.45) is 11.1. The predicted molar refractivity (Wildman–Crippen MR) is 86.4 cm³/mol. The zero-order chi connectivity index (χ0) is 14.5. The third-order valence-corrected chi connectivity index (χ3v) is 4.64. The monoisotopic (exact) mass is 283 g/mol. The van der Waals surface area contributed by atoms with Crippen LogP contribution in [0.25, 0.3) is 5.69 Å². The highest BCUT2D eigenvalue weighted by Gasteiger charge is 2.19. The van der Waals surface area contributed by atoms with Crippen LogP contribution in [0.2, 0.25) is 0 Å². The standard InChI is InChI=1S/C18H25N3/c1-15(17-8-4-2-5-9-17)19-12-16-13-20-21(14-16)18-10-6-3-7-11-18/h3,6-7,10-11,13-15,17,19H,2,4-5,8-9,12H2,1H3. The molecule has 2 aromatic rings. The van der Waals surface area contributed by atoms with Crippen LogP contribution >= 0.6 is 0 Å². The molecular formula is C18H25N3. The number of hydrogen-bond donors (Lipinski definition) is 1. The molecule has 0 bridgehead atoms. The number of nitrogens with zero attached hydrogens (tertiary/aromatic N) is 2. The van der Waals surface area contributed by atoms with Crippen LogP contribution in [0.15, 0.2) is 42.7 Å². The topological polar surface area (TPSA) is 29.9 Å². The van der Waals surface area contributed by atoms with Crippen LogP contribution < -0.4 is 5.32 Å². The van der Waals surface area contributed by atoms with Gasteiger partial charge in [0.05, 0.1) is 11.9 Å². The van der Waals surface area contributed by atoms with E-state index in [-0.39, 0.29) is 0 Å². The van der Waals surface area contributed by atoms with Crippen LogP contribution in [0.5, 0.6) is 0 Å². The summed E-state index contributed by atoms with van der Waals surface area (Å²) in [5.41, 5.74) is 2.37. The van der Waals surface area contributed by atoms with Crippen LogP contribution in [0.1, 0.15) is 44.6 Å². The van der Waals surface area contributed by atoms with Gasteiger partial charge in [0.1, 0.15) is 0 Å². The molecule has 1 aromatic heterocycles. The van der Waals surface area contributed by atoms with Crippen LogP contribution in [-0.2, 0) is 6.54 Å². The Morgan fingerprint density at radius 2 is 1.95 bits per heavy atom. The molecule has 0 amide bonds. The zero-order valence-corrected chi connectivity index (χ0v) is 12.8. The predicted octanol–water partition coefficient (Wildman–Crippen LogP) is 3.93. The smallest absolute Gasteiger partial charge is 0.0645 e. The summed E-state index contributed by atoms with van der Waals surface area (Å²) < 4.78 is 1.95. The first-order valence-corrected chi connectivity index (χ1v) is 8.15. The maximum Gasteiger partial charge on any atom is 0.0645 e. The van der Waals surface area contributed by atoms with Gasteiger partial charge in [-0.3, -0.25) is 0 Å². The van der Waals surface area contributed by atoms with Crippen LogP contribution in [0, 0.1) is 5.92 Å². The molecule has 1 aliphatic rings. The van der Waals surface area contributed by atoms with Crippen molar-refractivity contribution in [3.05, 3.63) is 48.3 Å². The molecule has 1 aliphatic carbocycles. The van der Waals surface area contributed by atoms with Crippen molar-refractivity contribution in [2.75, 3.05) is 0 Å². The second-order valence-electron chi connectivity index (χ2n) is 6.20. The fraction of sp³-hybridized carbons (Fsp3) is 0.500. The number of rotatable bonds is 5. The van der Waals surface area contributed by atoms with Gasteiger partial charge in [0.15, 0.2) is 0 Å². The number of benzene rings is 1. The molecule has 1 N–H and O–H groups in total. The van der Waals surface area contributed by atoms with Gasteiger partial charge in [-0.2, -0.15) is 5.10 Å². The highest BCUT2D eigenvalue weighted by molar-refractivity contribution is 5.30. The summed E-state index contributed by atoms with van der Waals surface area (Å²) in [6, 6.07) is 10.9. The summed E-state index contributed by atoms with van der Waals surface area (Å²) in [4.78, 5) is 0. The van der Waals surface area contributed by atoms with Gasteiger partial charge < -0.3 is 5.32 Å². The van der Waals surface area contributed by atoms with E-state index in [0.717, 1.165) is 18.2 Å². The van der Waals surface area contributed by atoms with Crippen molar-refractivity contribution >= 4 is 0 Å². The summed E-state index contributed by atoms with van der Waals surface area (Å²) in [5.74, 6) is 0.850. The Morgan fingerprint density at radius 1 is 1.19 bits per heavy atom. The Labute approximate surface area is 127 Å². The minimum Gasteiger partial charge on any atom is -0.310 e. The highest BCUT2D eigenvalue weighted by atomic mass is 15.3. The molecule has 21 heavy (non-hydrogen) atoms. The van der Waals surface area contributed by atoms with Crippen LogP contribution in [0.3, 0.4) is 0 Å². The third kappa shape index (κ3) is 3.73. The minimum atomic E-state index is 0.602. The molecule has 1 saturated carbocycles. The molecule has 1 unspecified atom stereocenters. The van der Waals surface area contributed by atoms with E-state index >= 15 is 0 Å². The number of aromatic nitrogens is 2. The van der Waals surface area contributed by atoms with Crippen molar-refractivity contribution in [1.29, 1.82) is 0 Å². The second-order valence-corrected chi connectivity index (χ2v) is 6.20. The number of para-hydroxylation sites is 1. The number of hydrogen-bond acceptors (Lipinski definition) is 2. The summed E-state index contributed by atoms with van der Waals surface area (Å²) in [5, 5.41) is 8.13. The van der Waals surface area contributed by atoms with Crippen molar-refractivity contribution < 1.29 is 0 Å². The van der Waals surface area contributed by atoms with Gasteiger partial charge in [-0.15, -0.1) is 0 Å². The molecule has 3 rings (SSSR count). The molecular weight excluding hydrogens is 258 g/mol. The molecule has 1 atom stereocenters. The van der Waals surface area contributed by atoms with Gasteiger partial charge in [0, 0.05) is 24.3 Å². The van der Waals surface area contributed by atoms with Crippen molar-refractivity contribution in [2.45, 2.75) is 51.6 Å². The third-order valence-electron chi connectivity index (χ3n) is 4.64. The lowest BCUT2D eigenvalue weighted by Gasteiger charge is -2.28. The Balaban J connectivity index is 1.55. The molecule has 0 aliphatic heterocycles.